The van der Waals surface area contributed by atoms with Gasteiger partial charge in [0.2, 0.25) is 0 Å². The number of anilines is 1. The molecule has 0 aliphatic carbocycles. The molecule has 1 aromatic heterocycles. The number of hydrogen-bond donors (Lipinski definition) is 1. The molecule has 1 unspecified atom stereocenters. The normalized spacial score (nSPS) is 18.2. The molecule has 1 saturated heterocycles. The first kappa shape index (κ1) is 16.6. The Kier molecular flexibility index (Phi) is 4.84. The Hall–Kier alpha value is -1.25. The predicted molar refractivity (Wildman–Crippen MR) is 93.9 cm³/mol. The Morgan fingerprint density at radius 3 is 2.78 bits per heavy atom. The molecule has 122 valence electrons. The molecule has 0 bridgehead atoms. The maximum Gasteiger partial charge on any atom is 0.416 e. The van der Waals surface area contributed by atoms with Crippen LogP contribution in [0.5, 0.6) is 0 Å². The summed E-state index contributed by atoms with van der Waals surface area (Å²) in [5.74, 6) is 0.937. The van der Waals surface area contributed by atoms with E-state index in [1.54, 1.807) is 29.2 Å². The lowest BCUT2D eigenvalue weighted by molar-refractivity contribution is -0.137. The van der Waals surface area contributed by atoms with Gasteiger partial charge in [0.15, 0.2) is 5.11 Å². The molecule has 2 nitrogen and oxygen atoms in total. The van der Waals surface area contributed by atoms with Crippen LogP contribution in [0.1, 0.15) is 15.8 Å². The van der Waals surface area contributed by atoms with E-state index in [1.807, 2.05) is 22.4 Å². The van der Waals surface area contributed by atoms with Gasteiger partial charge in [0.05, 0.1) is 5.56 Å². The summed E-state index contributed by atoms with van der Waals surface area (Å²) in [6, 6.07) is 9.13. The highest BCUT2D eigenvalue weighted by atomic mass is 32.2. The zero-order valence-corrected chi connectivity index (χ0v) is 14.3. The van der Waals surface area contributed by atoms with E-state index in [9.17, 15) is 13.2 Å². The van der Waals surface area contributed by atoms with Crippen LogP contribution >= 0.6 is 35.3 Å². The highest BCUT2D eigenvalue weighted by molar-refractivity contribution is 7.99. The van der Waals surface area contributed by atoms with Crippen LogP contribution in [0.4, 0.5) is 18.9 Å². The number of thiophene rings is 1. The molecular formula is C15H13F3N2S3. The first-order chi connectivity index (χ1) is 10.9. The number of benzene rings is 1. The number of thioether (sulfide) groups is 1. The van der Waals surface area contributed by atoms with Crippen molar-refractivity contribution in [2.75, 3.05) is 17.6 Å². The molecule has 8 heteroatoms. The topological polar surface area (TPSA) is 15.3 Å². The highest BCUT2D eigenvalue weighted by Gasteiger charge is 2.31. The summed E-state index contributed by atoms with van der Waals surface area (Å²) in [6.45, 7) is 0.776. The minimum Gasteiger partial charge on any atom is -0.333 e. The Bertz CT molecular complexity index is 686. The first-order valence-electron chi connectivity index (χ1n) is 6.85. The smallest absolute Gasteiger partial charge is 0.333 e. The van der Waals surface area contributed by atoms with Crippen LogP contribution in [0, 0.1) is 0 Å². The van der Waals surface area contributed by atoms with E-state index < -0.39 is 11.7 Å². The molecule has 2 heterocycles. The second kappa shape index (κ2) is 6.70. The fourth-order valence-corrected chi connectivity index (χ4v) is 4.94. The summed E-state index contributed by atoms with van der Waals surface area (Å²) in [7, 11) is 0. The lowest BCUT2D eigenvalue weighted by Gasteiger charge is -2.26. The van der Waals surface area contributed by atoms with Gasteiger partial charge in [-0.15, -0.1) is 23.1 Å². The minimum absolute atomic E-state index is 0.126. The molecular weight excluding hydrogens is 361 g/mol. The van der Waals surface area contributed by atoms with E-state index in [0.29, 0.717) is 10.8 Å². The van der Waals surface area contributed by atoms with Crippen molar-refractivity contribution >= 4 is 46.1 Å². The lowest BCUT2D eigenvalue weighted by atomic mass is 10.2. The molecule has 1 aliphatic rings. The maximum atomic E-state index is 12.8. The Morgan fingerprint density at radius 1 is 1.26 bits per heavy atom. The number of nitrogens with one attached hydrogen (secondary N) is 1. The van der Waals surface area contributed by atoms with Crippen molar-refractivity contribution in [3.8, 4) is 0 Å². The Balaban J connectivity index is 1.74. The van der Waals surface area contributed by atoms with Gasteiger partial charge < -0.3 is 10.2 Å². The van der Waals surface area contributed by atoms with Gasteiger partial charge in [-0.25, -0.2) is 0 Å². The van der Waals surface area contributed by atoms with Crippen LogP contribution in [0.2, 0.25) is 0 Å². The third-order valence-electron chi connectivity index (χ3n) is 3.38. The maximum absolute atomic E-state index is 12.8. The van der Waals surface area contributed by atoms with E-state index >= 15 is 0 Å². The van der Waals surface area contributed by atoms with E-state index in [0.717, 1.165) is 24.4 Å². The van der Waals surface area contributed by atoms with E-state index in [-0.39, 0.29) is 5.37 Å². The van der Waals surface area contributed by atoms with Gasteiger partial charge in [-0.3, -0.25) is 0 Å². The third kappa shape index (κ3) is 3.81. The van der Waals surface area contributed by atoms with Crippen LogP contribution < -0.4 is 5.32 Å². The van der Waals surface area contributed by atoms with Gasteiger partial charge in [0.1, 0.15) is 5.37 Å². The van der Waals surface area contributed by atoms with Crippen molar-refractivity contribution in [3.05, 3.63) is 52.2 Å². The number of rotatable bonds is 2. The molecule has 1 aliphatic heterocycles. The molecule has 0 spiro atoms. The summed E-state index contributed by atoms with van der Waals surface area (Å²) < 4.78 is 38.3. The standard InChI is InChI=1S/C15H13F3N2S3/c16-15(17,18)10-3-1-4-11(9-10)19-14(21)20-6-8-23-13(20)12-5-2-7-22-12/h1-5,7,9,13H,6,8H2,(H,19,21). The van der Waals surface area contributed by atoms with Crippen molar-refractivity contribution in [1.82, 2.24) is 4.90 Å². The molecule has 1 aromatic carbocycles. The molecule has 1 atom stereocenters. The van der Waals surface area contributed by atoms with Crippen molar-refractivity contribution in [2.45, 2.75) is 11.6 Å². The van der Waals surface area contributed by atoms with E-state index in [2.05, 4.69) is 5.32 Å². The number of hydrogen-bond acceptors (Lipinski definition) is 3. The Labute approximate surface area is 145 Å². The number of nitrogens with zero attached hydrogens (tertiary/aromatic N) is 1. The molecule has 0 saturated carbocycles. The molecule has 1 fully saturated rings. The summed E-state index contributed by atoms with van der Waals surface area (Å²) in [5, 5.41) is 5.52. The van der Waals surface area contributed by atoms with Gasteiger partial charge in [-0.2, -0.15) is 13.2 Å². The average Bonchev–Trinajstić information content (AvgIpc) is 3.17. The fourth-order valence-electron chi connectivity index (χ4n) is 2.31. The second-order valence-electron chi connectivity index (χ2n) is 4.94. The highest BCUT2D eigenvalue weighted by Crippen LogP contribution is 2.40. The van der Waals surface area contributed by atoms with Gasteiger partial charge >= 0.3 is 6.18 Å². The van der Waals surface area contributed by atoms with Gasteiger partial charge in [0, 0.05) is 22.9 Å². The van der Waals surface area contributed by atoms with Crippen LogP contribution in [0.3, 0.4) is 0 Å². The van der Waals surface area contributed by atoms with E-state index in [1.165, 1.54) is 10.9 Å². The molecule has 3 rings (SSSR count). The first-order valence-corrected chi connectivity index (χ1v) is 9.19. The van der Waals surface area contributed by atoms with Gasteiger partial charge in [-0.1, -0.05) is 12.1 Å². The zero-order valence-electron chi connectivity index (χ0n) is 11.8. The third-order valence-corrected chi connectivity index (χ3v) is 6.03. The Morgan fingerprint density at radius 2 is 2.09 bits per heavy atom. The monoisotopic (exact) mass is 374 g/mol. The van der Waals surface area contributed by atoms with Crippen LogP contribution in [-0.4, -0.2) is 22.3 Å². The number of alkyl halides is 3. The van der Waals surface area contributed by atoms with Crippen LogP contribution in [0.25, 0.3) is 0 Å². The lowest BCUT2D eigenvalue weighted by Crippen LogP contribution is -2.33. The van der Waals surface area contributed by atoms with Crippen molar-refractivity contribution in [2.24, 2.45) is 0 Å². The van der Waals surface area contributed by atoms with Crippen LogP contribution in [-0.2, 0) is 6.18 Å². The molecule has 1 N–H and O–H groups in total. The second-order valence-corrected chi connectivity index (χ2v) is 7.49. The number of halogens is 3. The molecule has 2 aromatic rings. The summed E-state index contributed by atoms with van der Waals surface area (Å²) in [6.07, 6.45) is -4.36. The average molecular weight is 374 g/mol. The van der Waals surface area contributed by atoms with Crippen molar-refractivity contribution in [3.63, 3.8) is 0 Å². The fraction of sp³-hybridized carbons (Fsp3) is 0.267. The predicted octanol–water partition coefficient (Wildman–Crippen LogP) is 5.21. The largest absolute Gasteiger partial charge is 0.416 e. The molecule has 23 heavy (non-hydrogen) atoms. The number of thiocarbonyl (C=S) groups is 1. The minimum atomic E-state index is -4.36. The SMILES string of the molecule is FC(F)(F)c1cccc(NC(=S)N2CCSC2c2cccs2)c1. The molecule has 0 amide bonds. The van der Waals surface area contributed by atoms with E-state index in [4.69, 9.17) is 12.2 Å². The quantitative estimate of drug-likeness (QED) is 0.726. The summed E-state index contributed by atoms with van der Waals surface area (Å²) in [4.78, 5) is 3.22. The summed E-state index contributed by atoms with van der Waals surface area (Å²) in [5.41, 5.74) is -0.331. The van der Waals surface area contributed by atoms with Crippen molar-refractivity contribution in [1.29, 1.82) is 0 Å². The van der Waals surface area contributed by atoms with Crippen molar-refractivity contribution < 1.29 is 13.2 Å². The van der Waals surface area contributed by atoms with Gasteiger partial charge in [0.25, 0.3) is 0 Å². The van der Waals surface area contributed by atoms with Gasteiger partial charge in [-0.05, 0) is 41.9 Å². The van der Waals surface area contributed by atoms with Crippen LogP contribution in [0.15, 0.2) is 41.8 Å². The zero-order chi connectivity index (χ0) is 16.4. The summed E-state index contributed by atoms with van der Waals surface area (Å²) >= 11 is 8.85. The molecule has 0 radical (unpaired) electrons.